The summed E-state index contributed by atoms with van der Waals surface area (Å²) in [6.45, 7) is 2.27. The molecule has 1 heterocycles. The number of benzene rings is 1. The predicted octanol–water partition coefficient (Wildman–Crippen LogP) is 1.49. The van der Waals surface area contributed by atoms with E-state index >= 15 is 0 Å². The number of carbonyl (C=O) groups excluding carboxylic acids is 1. The maximum atomic E-state index is 13.0. The van der Waals surface area contributed by atoms with Crippen LogP contribution in [-0.2, 0) is 0 Å². The van der Waals surface area contributed by atoms with E-state index in [2.05, 4.69) is 10.6 Å². The molecule has 1 aromatic rings. The van der Waals surface area contributed by atoms with E-state index in [0.717, 1.165) is 5.56 Å². The van der Waals surface area contributed by atoms with Crippen molar-refractivity contribution >= 4 is 6.03 Å². The van der Waals surface area contributed by atoms with Crippen molar-refractivity contribution < 1.29 is 9.18 Å². The molecule has 74 valence electrons. The Balaban J connectivity index is 2.24. The van der Waals surface area contributed by atoms with E-state index in [9.17, 15) is 9.18 Å². The van der Waals surface area contributed by atoms with Crippen molar-refractivity contribution in [2.45, 2.75) is 13.0 Å². The Morgan fingerprint density at radius 1 is 1.50 bits per heavy atom. The van der Waals surface area contributed by atoms with Gasteiger partial charge in [-0.05, 0) is 24.1 Å². The number of rotatable bonds is 1. The van der Waals surface area contributed by atoms with Crippen LogP contribution in [-0.4, -0.2) is 12.6 Å². The summed E-state index contributed by atoms with van der Waals surface area (Å²) < 4.78 is 13.0. The van der Waals surface area contributed by atoms with Crippen molar-refractivity contribution in [3.05, 3.63) is 35.1 Å². The fourth-order valence-electron chi connectivity index (χ4n) is 1.54. The maximum Gasteiger partial charge on any atom is 0.315 e. The van der Waals surface area contributed by atoms with Crippen molar-refractivity contribution in [2.24, 2.45) is 0 Å². The Morgan fingerprint density at radius 2 is 2.29 bits per heavy atom. The van der Waals surface area contributed by atoms with Gasteiger partial charge in [0.25, 0.3) is 0 Å². The molecule has 14 heavy (non-hydrogen) atoms. The van der Waals surface area contributed by atoms with Crippen LogP contribution in [0, 0.1) is 12.7 Å². The molecular weight excluding hydrogens is 183 g/mol. The van der Waals surface area contributed by atoms with Crippen LogP contribution in [0.1, 0.15) is 17.2 Å². The Kier molecular flexibility index (Phi) is 2.11. The van der Waals surface area contributed by atoms with E-state index in [-0.39, 0.29) is 17.9 Å². The lowest BCUT2D eigenvalue weighted by molar-refractivity contribution is 0.247. The van der Waals surface area contributed by atoms with Gasteiger partial charge in [0.2, 0.25) is 0 Å². The molecule has 0 radical (unpaired) electrons. The molecule has 1 aliphatic heterocycles. The quantitative estimate of drug-likeness (QED) is 0.698. The lowest BCUT2D eigenvalue weighted by atomic mass is 10.1. The van der Waals surface area contributed by atoms with Gasteiger partial charge < -0.3 is 10.6 Å². The first kappa shape index (κ1) is 8.99. The second kappa shape index (κ2) is 3.29. The van der Waals surface area contributed by atoms with Crippen LogP contribution in [0.3, 0.4) is 0 Å². The number of hydrogen-bond donors (Lipinski definition) is 2. The number of halogens is 1. The Labute approximate surface area is 81.3 Å². The third-order valence-electron chi connectivity index (χ3n) is 2.36. The smallest absolute Gasteiger partial charge is 0.315 e. The molecule has 3 nitrogen and oxygen atoms in total. The lowest BCUT2D eigenvalue weighted by Gasteiger charge is -2.09. The van der Waals surface area contributed by atoms with Gasteiger partial charge in [0.1, 0.15) is 5.82 Å². The standard InChI is InChI=1S/C10H11FN2O/c1-6-4-7(2-3-8(6)11)9-5-12-10(14)13-9/h2-4,9H,5H2,1H3,(H2,12,13,14). The molecule has 4 heteroatoms. The minimum Gasteiger partial charge on any atom is -0.336 e. The molecule has 1 unspecified atom stereocenters. The van der Waals surface area contributed by atoms with Gasteiger partial charge in [-0.3, -0.25) is 0 Å². The summed E-state index contributed by atoms with van der Waals surface area (Å²) in [5, 5.41) is 5.40. The maximum absolute atomic E-state index is 13.0. The molecule has 1 fully saturated rings. The van der Waals surface area contributed by atoms with Gasteiger partial charge in [-0.2, -0.15) is 0 Å². The molecule has 0 aliphatic carbocycles. The molecule has 2 amide bonds. The van der Waals surface area contributed by atoms with E-state index in [1.54, 1.807) is 19.1 Å². The topological polar surface area (TPSA) is 41.1 Å². The Morgan fingerprint density at radius 3 is 2.86 bits per heavy atom. The predicted molar refractivity (Wildman–Crippen MR) is 50.4 cm³/mol. The monoisotopic (exact) mass is 194 g/mol. The number of amides is 2. The molecule has 1 aliphatic rings. The fourth-order valence-corrected chi connectivity index (χ4v) is 1.54. The van der Waals surface area contributed by atoms with Gasteiger partial charge in [-0.1, -0.05) is 12.1 Å². The van der Waals surface area contributed by atoms with Crippen LogP contribution in [0.15, 0.2) is 18.2 Å². The summed E-state index contributed by atoms with van der Waals surface area (Å²) in [6, 6.07) is 4.67. The molecule has 1 aromatic carbocycles. The molecule has 1 saturated heterocycles. The molecule has 0 saturated carbocycles. The number of aryl methyl sites for hydroxylation is 1. The van der Waals surface area contributed by atoms with Crippen LogP contribution < -0.4 is 10.6 Å². The van der Waals surface area contributed by atoms with Crippen LogP contribution in [0.2, 0.25) is 0 Å². The molecule has 0 bridgehead atoms. The molecule has 0 aromatic heterocycles. The lowest BCUT2D eigenvalue weighted by Crippen LogP contribution is -2.21. The Hall–Kier alpha value is -1.58. The van der Waals surface area contributed by atoms with E-state index in [1.165, 1.54) is 6.07 Å². The SMILES string of the molecule is Cc1cc(C2CNC(=O)N2)ccc1F. The zero-order valence-corrected chi connectivity index (χ0v) is 7.80. The summed E-state index contributed by atoms with van der Waals surface area (Å²) in [4.78, 5) is 10.9. The van der Waals surface area contributed by atoms with E-state index < -0.39 is 0 Å². The zero-order chi connectivity index (χ0) is 10.1. The average molecular weight is 194 g/mol. The van der Waals surface area contributed by atoms with Crippen molar-refractivity contribution in [3.8, 4) is 0 Å². The second-order valence-electron chi connectivity index (χ2n) is 3.42. The van der Waals surface area contributed by atoms with Crippen LogP contribution in [0.25, 0.3) is 0 Å². The second-order valence-corrected chi connectivity index (χ2v) is 3.42. The zero-order valence-electron chi connectivity index (χ0n) is 7.80. The summed E-state index contributed by atoms with van der Waals surface area (Å²) in [7, 11) is 0. The molecular formula is C10H11FN2O. The highest BCUT2D eigenvalue weighted by Crippen LogP contribution is 2.18. The molecule has 0 spiro atoms. The van der Waals surface area contributed by atoms with Gasteiger partial charge in [0.15, 0.2) is 0 Å². The number of urea groups is 1. The van der Waals surface area contributed by atoms with Gasteiger partial charge in [0, 0.05) is 6.54 Å². The minimum absolute atomic E-state index is 0.0400. The highest BCUT2D eigenvalue weighted by molar-refractivity contribution is 5.76. The van der Waals surface area contributed by atoms with Crippen LogP contribution in [0.5, 0.6) is 0 Å². The highest BCUT2D eigenvalue weighted by atomic mass is 19.1. The first-order chi connectivity index (χ1) is 6.66. The van der Waals surface area contributed by atoms with E-state index in [0.29, 0.717) is 12.1 Å². The first-order valence-corrected chi connectivity index (χ1v) is 4.47. The van der Waals surface area contributed by atoms with Gasteiger partial charge in [-0.15, -0.1) is 0 Å². The third-order valence-corrected chi connectivity index (χ3v) is 2.36. The number of carbonyl (C=O) groups is 1. The number of nitrogens with one attached hydrogen (secondary N) is 2. The minimum atomic E-state index is -0.217. The van der Waals surface area contributed by atoms with Crippen LogP contribution in [0.4, 0.5) is 9.18 Å². The molecule has 1 atom stereocenters. The van der Waals surface area contributed by atoms with Crippen LogP contribution >= 0.6 is 0 Å². The number of hydrogen-bond acceptors (Lipinski definition) is 1. The van der Waals surface area contributed by atoms with Crippen molar-refractivity contribution in [3.63, 3.8) is 0 Å². The molecule has 2 N–H and O–H groups in total. The summed E-state index contributed by atoms with van der Waals surface area (Å²) in [5.74, 6) is -0.217. The summed E-state index contributed by atoms with van der Waals surface area (Å²) in [5.41, 5.74) is 1.53. The average Bonchev–Trinajstić information content (AvgIpc) is 2.57. The van der Waals surface area contributed by atoms with Gasteiger partial charge >= 0.3 is 6.03 Å². The van der Waals surface area contributed by atoms with Gasteiger partial charge in [0.05, 0.1) is 6.04 Å². The van der Waals surface area contributed by atoms with E-state index in [4.69, 9.17) is 0 Å². The third kappa shape index (κ3) is 1.55. The summed E-state index contributed by atoms with van der Waals surface area (Å²) >= 11 is 0. The van der Waals surface area contributed by atoms with E-state index in [1.807, 2.05) is 0 Å². The molecule has 2 rings (SSSR count). The van der Waals surface area contributed by atoms with Crippen molar-refractivity contribution in [2.75, 3.05) is 6.54 Å². The highest BCUT2D eigenvalue weighted by Gasteiger charge is 2.21. The Bertz CT molecular complexity index is 378. The van der Waals surface area contributed by atoms with Crippen molar-refractivity contribution in [1.82, 2.24) is 10.6 Å². The summed E-state index contributed by atoms with van der Waals surface area (Å²) in [6.07, 6.45) is 0. The largest absolute Gasteiger partial charge is 0.336 e. The van der Waals surface area contributed by atoms with Gasteiger partial charge in [-0.25, -0.2) is 9.18 Å². The first-order valence-electron chi connectivity index (χ1n) is 4.47. The fraction of sp³-hybridized carbons (Fsp3) is 0.300. The van der Waals surface area contributed by atoms with Crippen molar-refractivity contribution in [1.29, 1.82) is 0 Å². The normalized spacial score (nSPS) is 20.4.